The zero-order chi connectivity index (χ0) is 48.6. The number of benzene rings is 5. The second-order valence-electron chi connectivity index (χ2n) is 14.0. The fourth-order valence-corrected chi connectivity index (χ4v) is 8.34. The molecule has 14 nitrogen and oxygen atoms in total. The van der Waals surface area contributed by atoms with Crippen molar-refractivity contribution in [3.05, 3.63) is 135 Å². The Balaban J connectivity index is 1.32. The van der Waals surface area contributed by atoms with Crippen molar-refractivity contribution in [2.45, 2.75) is 52.6 Å². The van der Waals surface area contributed by atoms with E-state index in [4.69, 9.17) is 92.8 Å². The number of halogens is 8. The van der Waals surface area contributed by atoms with Crippen LogP contribution < -0.4 is 21.3 Å². The van der Waals surface area contributed by atoms with Gasteiger partial charge in [0.05, 0.1) is 52.6 Å². The van der Waals surface area contributed by atoms with Crippen LogP contribution in [-0.4, -0.2) is 47.3 Å². The number of nitrogens with zero attached hydrogens (tertiary/aromatic N) is 4. The number of azo groups is 2. The number of Topliss-reactive ketones (excluding diaryl/α,β-unsaturated/α-hetero) is 2. The van der Waals surface area contributed by atoms with Gasteiger partial charge in [0.25, 0.3) is 23.6 Å². The monoisotopic (exact) mass is 1050 g/mol. The molecule has 5 aromatic rings. The van der Waals surface area contributed by atoms with Gasteiger partial charge in [0.1, 0.15) is 11.4 Å². The van der Waals surface area contributed by atoms with Gasteiger partial charge < -0.3 is 21.3 Å². The van der Waals surface area contributed by atoms with E-state index in [-0.39, 0.29) is 74.1 Å². The minimum Gasteiger partial charge on any atom is -0.323 e. The third-order valence-electron chi connectivity index (χ3n) is 9.37. The fourth-order valence-electron chi connectivity index (χ4n) is 6.02. The summed E-state index contributed by atoms with van der Waals surface area (Å²) in [4.78, 5) is 79.1. The molecule has 0 bridgehead atoms. The van der Waals surface area contributed by atoms with E-state index in [1.807, 2.05) is 0 Å². The van der Waals surface area contributed by atoms with Gasteiger partial charge in [-0.1, -0.05) is 119 Å². The average molecular weight is 1050 g/mol. The lowest BCUT2D eigenvalue weighted by molar-refractivity contribution is -0.127. The van der Waals surface area contributed by atoms with Crippen LogP contribution in [-0.2, 0) is 32.0 Å². The first kappa shape index (κ1) is 51.8. The number of carbonyl (C=O) groups excluding carboxylic acids is 6. The van der Waals surface area contributed by atoms with Gasteiger partial charge >= 0.3 is 0 Å². The van der Waals surface area contributed by atoms with Crippen LogP contribution >= 0.6 is 92.8 Å². The third-order valence-corrected chi connectivity index (χ3v) is 11.8. The molecule has 5 rings (SSSR count). The summed E-state index contributed by atoms with van der Waals surface area (Å²) in [6.07, 6.45) is 0.695. The van der Waals surface area contributed by atoms with Crippen molar-refractivity contribution in [2.24, 2.45) is 20.5 Å². The van der Waals surface area contributed by atoms with Crippen LogP contribution in [0, 0.1) is 0 Å². The van der Waals surface area contributed by atoms with Gasteiger partial charge in [-0.25, -0.2) is 0 Å². The molecule has 0 spiro atoms. The Labute approximate surface area is 417 Å². The summed E-state index contributed by atoms with van der Waals surface area (Å²) >= 11 is 49.9. The minimum absolute atomic E-state index is 0.0200. The first-order valence-corrected chi connectivity index (χ1v) is 22.4. The highest BCUT2D eigenvalue weighted by Gasteiger charge is 2.28. The number of ketones is 2. The molecule has 2 unspecified atom stereocenters. The van der Waals surface area contributed by atoms with Crippen molar-refractivity contribution in [3.63, 3.8) is 0 Å². The first-order chi connectivity index (χ1) is 31.2. The van der Waals surface area contributed by atoms with E-state index in [0.717, 1.165) is 13.8 Å². The van der Waals surface area contributed by atoms with E-state index >= 15 is 0 Å². The molecule has 0 aliphatic heterocycles. The predicted molar refractivity (Wildman–Crippen MR) is 262 cm³/mol. The lowest BCUT2D eigenvalue weighted by Crippen LogP contribution is -2.33. The highest BCUT2D eigenvalue weighted by Crippen LogP contribution is 2.38. The predicted octanol–water partition coefficient (Wildman–Crippen LogP) is 13.9. The van der Waals surface area contributed by atoms with Crippen LogP contribution in [0.3, 0.4) is 0 Å². The Hall–Kier alpha value is -5.16. The van der Waals surface area contributed by atoms with Gasteiger partial charge in [-0.15, -0.1) is 0 Å². The Morgan fingerprint density at radius 1 is 0.500 bits per heavy atom. The van der Waals surface area contributed by atoms with Crippen molar-refractivity contribution in [1.29, 1.82) is 0 Å². The maximum Gasteiger partial charge on any atom is 0.258 e. The van der Waals surface area contributed by atoms with Crippen LogP contribution in [0.4, 0.5) is 34.1 Å². The van der Waals surface area contributed by atoms with Crippen LogP contribution in [0.2, 0.25) is 40.2 Å². The average Bonchev–Trinajstić information content (AvgIpc) is 3.24. The van der Waals surface area contributed by atoms with E-state index < -0.39 is 47.3 Å². The Morgan fingerprint density at radius 3 is 1.14 bits per heavy atom. The van der Waals surface area contributed by atoms with Gasteiger partial charge in [-0.2, -0.15) is 20.5 Å². The van der Waals surface area contributed by atoms with Crippen LogP contribution in [0.25, 0.3) is 0 Å². The molecule has 66 heavy (non-hydrogen) atoms. The fraction of sp³-hybridized carbons (Fsp3) is 0.182. The molecule has 22 heteroatoms. The number of aryl methyl sites for hydroxylation is 2. The van der Waals surface area contributed by atoms with Crippen molar-refractivity contribution >= 4 is 162 Å². The summed E-state index contributed by atoms with van der Waals surface area (Å²) in [6, 6.07) is 14.2. The zero-order valence-electron chi connectivity index (χ0n) is 34.8. The smallest absolute Gasteiger partial charge is 0.258 e. The summed E-state index contributed by atoms with van der Waals surface area (Å²) in [5.41, 5.74) is 1.81. The first-order valence-electron chi connectivity index (χ1n) is 19.3. The molecule has 4 N–H and O–H groups in total. The summed E-state index contributed by atoms with van der Waals surface area (Å²) < 4.78 is 0. The molecule has 0 saturated heterocycles. The largest absolute Gasteiger partial charge is 0.323 e. The second-order valence-corrected chi connectivity index (χ2v) is 17.2. The maximum absolute atomic E-state index is 13.6. The van der Waals surface area contributed by atoms with Crippen molar-refractivity contribution in [1.82, 2.24) is 0 Å². The van der Waals surface area contributed by atoms with Gasteiger partial charge in [0, 0.05) is 21.4 Å². The molecular formula is C44H34Cl8N8O6. The van der Waals surface area contributed by atoms with Crippen LogP contribution in [0.15, 0.2) is 93.3 Å². The number of hydrogen-bond donors (Lipinski definition) is 4. The Morgan fingerprint density at radius 2 is 0.833 bits per heavy atom. The molecule has 0 aliphatic carbocycles. The van der Waals surface area contributed by atoms with Gasteiger partial charge in [0.15, 0.2) is 11.6 Å². The molecule has 0 aliphatic rings. The molecule has 5 aromatic carbocycles. The Kier molecular flexibility index (Phi) is 18.1. The molecule has 0 fully saturated rings. The highest BCUT2D eigenvalue weighted by molar-refractivity contribution is 6.44. The summed E-state index contributed by atoms with van der Waals surface area (Å²) in [5.74, 6) is -4.34. The van der Waals surface area contributed by atoms with E-state index in [1.54, 1.807) is 26.0 Å². The Bertz CT molecular complexity index is 2620. The quantitative estimate of drug-likeness (QED) is 0.0559. The standard InChI is InChI=1S/C44H34Cl8N8O6/c1-5-21-13-34(54-44(66)38(20(4)62)60-58-32-12-8-10-26(36(32)52)42(64)56-40-29(49)17-24(46)18-30(40)50)22(6-2)14-33(21)53-43(65)37(19(3)61)59-57-31-11-7-9-25(35(31)51)41(63)55-39-27(47)15-23(45)16-28(39)48/h7-18,37-38H,5-6H2,1-4H3,(H,53,65)(H,54,66)(H,55,63)(H,56,64). The van der Waals surface area contributed by atoms with Gasteiger partial charge in [0.2, 0.25) is 12.1 Å². The van der Waals surface area contributed by atoms with Crippen LogP contribution in [0.5, 0.6) is 0 Å². The molecule has 0 heterocycles. The molecule has 0 radical (unpaired) electrons. The van der Waals surface area contributed by atoms with Gasteiger partial charge in [-0.3, -0.25) is 28.8 Å². The SMILES string of the molecule is CCc1cc(NC(=O)C(N=Nc2cccc(C(=O)Nc3c(Cl)cc(Cl)cc3Cl)c2Cl)C(C)=O)c(CC)cc1NC(=O)C(N=Nc1cccc(C(=O)Nc2c(Cl)cc(Cl)cc2Cl)c1Cl)C(C)=O. The third kappa shape index (κ3) is 12.6. The molecule has 342 valence electrons. The summed E-state index contributed by atoms with van der Waals surface area (Å²) in [5, 5.41) is 27.3. The second kappa shape index (κ2) is 23.0. The minimum atomic E-state index is -1.63. The summed E-state index contributed by atoms with van der Waals surface area (Å²) in [7, 11) is 0. The maximum atomic E-state index is 13.6. The molecule has 4 amide bonds. The number of carbonyl (C=O) groups is 6. The van der Waals surface area contributed by atoms with Crippen LogP contribution in [0.1, 0.15) is 59.5 Å². The van der Waals surface area contributed by atoms with E-state index in [0.29, 0.717) is 35.3 Å². The highest BCUT2D eigenvalue weighted by atomic mass is 35.5. The molecule has 0 saturated carbocycles. The number of hydrogen-bond acceptors (Lipinski definition) is 10. The number of rotatable bonds is 16. The zero-order valence-corrected chi connectivity index (χ0v) is 40.8. The lowest BCUT2D eigenvalue weighted by Gasteiger charge is -2.18. The van der Waals surface area contributed by atoms with Crippen molar-refractivity contribution < 1.29 is 28.8 Å². The molecule has 2 atom stereocenters. The van der Waals surface area contributed by atoms with E-state index in [9.17, 15) is 28.8 Å². The molecule has 0 aromatic heterocycles. The number of nitrogens with one attached hydrogen (secondary N) is 4. The number of anilines is 4. The summed E-state index contributed by atoms with van der Waals surface area (Å²) in [6.45, 7) is 5.91. The normalized spacial score (nSPS) is 12.2. The number of amides is 4. The molecular weight excluding hydrogens is 1020 g/mol. The topological polar surface area (TPSA) is 200 Å². The van der Waals surface area contributed by atoms with Crippen molar-refractivity contribution in [3.8, 4) is 0 Å². The van der Waals surface area contributed by atoms with Crippen molar-refractivity contribution in [2.75, 3.05) is 21.3 Å². The van der Waals surface area contributed by atoms with E-state index in [2.05, 4.69) is 41.7 Å². The van der Waals surface area contributed by atoms with Gasteiger partial charge in [-0.05, 0) is 98.5 Å². The lowest BCUT2D eigenvalue weighted by atomic mass is 10.0. The van der Waals surface area contributed by atoms with E-state index in [1.165, 1.54) is 60.7 Å².